The van der Waals surface area contributed by atoms with Crippen LogP contribution in [0, 0.1) is 0 Å². The van der Waals surface area contributed by atoms with Gasteiger partial charge in [0.05, 0.1) is 16.8 Å². The number of anilines is 1. The lowest BCUT2D eigenvalue weighted by Crippen LogP contribution is -2.36. The number of thiophene rings is 1. The fourth-order valence-corrected chi connectivity index (χ4v) is 3.62. The van der Waals surface area contributed by atoms with E-state index in [1.54, 1.807) is 17.7 Å². The molecule has 1 fully saturated rings. The molecule has 96 valence electrons. The molecule has 1 N–H and O–H groups in total. The SMILES string of the molecule is OCCN(c1ncnc2ccsc12)C1CCCC1. The van der Waals surface area contributed by atoms with Gasteiger partial charge in [-0.3, -0.25) is 0 Å². The van der Waals surface area contributed by atoms with Gasteiger partial charge in [0.1, 0.15) is 12.1 Å². The fourth-order valence-electron chi connectivity index (χ4n) is 2.77. The van der Waals surface area contributed by atoms with Gasteiger partial charge in [-0.25, -0.2) is 9.97 Å². The fraction of sp³-hybridized carbons (Fsp3) is 0.538. The molecule has 2 heterocycles. The lowest BCUT2D eigenvalue weighted by Gasteiger charge is -2.29. The molecule has 2 aromatic heterocycles. The van der Waals surface area contributed by atoms with Gasteiger partial charge in [-0.1, -0.05) is 12.8 Å². The van der Waals surface area contributed by atoms with Gasteiger partial charge in [0.15, 0.2) is 0 Å². The van der Waals surface area contributed by atoms with Crippen LogP contribution in [0.25, 0.3) is 10.2 Å². The van der Waals surface area contributed by atoms with Gasteiger partial charge in [-0.15, -0.1) is 11.3 Å². The summed E-state index contributed by atoms with van der Waals surface area (Å²) < 4.78 is 1.14. The molecule has 5 heteroatoms. The second kappa shape index (κ2) is 5.20. The minimum absolute atomic E-state index is 0.174. The maximum absolute atomic E-state index is 9.30. The molecule has 18 heavy (non-hydrogen) atoms. The summed E-state index contributed by atoms with van der Waals surface area (Å²) in [7, 11) is 0. The quantitative estimate of drug-likeness (QED) is 0.920. The van der Waals surface area contributed by atoms with Crippen LogP contribution < -0.4 is 4.90 Å². The molecule has 0 spiro atoms. The molecule has 0 atom stereocenters. The molecule has 2 aromatic rings. The van der Waals surface area contributed by atoms with E-state index in [0.717, 1.165) is 16.0 Å². The maximum atomic E-state index is 9.30. The van der Waals surface area contributed by atoms with Crippen molar-refractivity contribution in [2.24, 2.45) is 0 Å². The minimum Gasteiger partial charge on any atom is -0.395 e. The number of hydrogen-bond donors (Lipinski definition) is 1. The van der Waals surface area contributed by atoms with Crippen molar-refractivity contribution >= 4 is 27.4 Å². The van der Waals surface area contributed by atoms with Gasteiger partial charge in [0.2, 0.25) is 0 Å². The Bertz CT molecular complexity index is 522. The van der Waals surface area contributed by atoms with E-state index in [0.29, 0.717) is 12.6 Å². The van der Waals surface area contributed by atoms with Crippen LogP contribution in [0.2, 0.25) is 0 Å². The number of rotatable bonds is 4. The van der Waals surface area contributed by atoms with E-state index in [1.807, 2.05) is 6.07 Å². The van der Waals surface area contributed by atoms with E-state index in [4.69, 9.17) is 0 Å². The summed E-state index contributed by atoms with van der Waals surface area (Å²) in [5.74, 6) is 0.996. The standard InChI is InChI=1S/C13H17N3OS/c17-7-6-16(10-3-1-2-4-10)13-12-11(5-8-18-12)14-9-15-13/h5,8-10,17H,1-4,6-7H2. The number of nitrogens with zero attached hydrogens (tertiary/aromatic N) is 3. The largest absolute Gasteiger partial charge is 0.395 e. The third kappa shape index (κ3) is 2.08. The molecular weight excluding hydrogens is 246 g/mol. The predicted octanol–water partition coefficient (Wildman–Crippen LogP) is 2.43. The average Bonchev–Trinajstić information content (AvgIpc) is 3.06. The van der Waals surface area contributed by atoms with Crippen molar-refractivity contribution in [3.05, 3.63) is 17.8 Å². The van der Waals surface area contributed by atoms with Gasteiger partial charge < -0.3 is 10.0 Å². The van der Waals surface area contributed by atoms with E-state index in [-0.39, 0.29) is 6.61 Å². The first kappa shape index (κ1) is 11.9. The predicted molar refractivity (Wildman–Crippen MR) is 74.1 cm³/mol. The van der Waals surface area contributed by atoms with Crippen LogP contribution >= 0.6 is 11.3 Å². The Labute approximate surface area is 110 Å². The molecule has 1 saturated carbocycles. The van der Waals surface area contributed by atoms with E-state index >= 15 is 0 Å². The number of fused-ring (bicyclic) bond motifs is 1. The summed E-state index contributed by atoms with van der Waals surface area (Å²) >= 11 is 1.68. The summed E-state index contributed by atoms with van der Waals surface area (Å²) in [6, 6.07) is 2.55. The topological polar surface area (TPSA) is 49.2 Å². The molecule has 1 aliphatic carbocycles. The molecule has 0 amide bonds. The molecule has 0 bridgehead atoms. The zero-order chi connectivity index (χ0) is 12.4. The highest BCUT2D eigenvalue weighted by atomic mass is 32.1. The highest BCUT2D eigenvalue weighted by Crippen LogP contribution is 2.33. The van der Waals surface area contributed by atoms with Gasteiger partial charge in [-0.2, -0.15) is 0 Å². The van der Waals surface area contributed by atoms with Crippen LogP contribution in [0.5, 0.6) is 0 Å². The van der Waals surface area contributed by atoms with Gasteiger partial charge in [0.25, 0.3) is 0 Å². The van der Waals surface area contributed by atoms with Crippen molar-refractivity contribution in [1.82, 2.24) is 9.97 Å². The van der Waals surface area contributed by atoms with Crippen LogP contribution in [0.4, 0.5) is 5.82 Å². The van der Waals surface area contributed by atoms with E-state index in [9.17, 15) is 5.11 Å². The minimum atomic E-state index is 0.174. The van der Waals surface area contributed by atoms with Crippen molar-refractivity contribution in [2.45, 2.75) is 31.7 Å². The number of hydrogen-bond acceptors (Lipinski definition) is 5. The number of aliphatic hydroxyl groups is 1. The summed E-state index contributed by atoms with van der Waals surface area (Å²) in [6.07, 6.45) is 6.61. The Morgan fingerprint density at radius 1 is 1.33 bits per heavy atom. The normalized spacial score (nSPS) is 16.5. The molecule has 4 nitrogen and oxygen atoms in total. The lowest BCUT2D eigenvalue weighted by molar-refractivity contribution is 0.297. The monoisotopic (exact) mass is 263 g/mol. The Kier molecular flexibility index (Phi) is 3.43. The molecule has 0 saturated heterocycles. The van der Waals surface area contributed by atoms with Crippen LogP contribution in [-0.2, 0) is 0 Å². The maximum Gasteiger partial charge on any atom is 0.150 e. The van der Waals surface area contributed by atoms with E-state index in [2.05, 4.69) is 20.2 Å². The van der Waals surface area contributed by atoms with Crippen molar-refractivity contribution in [3.8, 4) is 0 Å². The summed E-state index contributed by atoms with van der Waals surface area (Å²) in [4.78, 5) is 11.0. The van der Waals surface area contributed by atoms with E-state index in [1.165, 1.54) is 25.7 Å². The molecular formula is C13H17N3OS. The van der Waals surface area contributed by atoms with Crippen LogP contribution in [0.15, 0.2) is 17.8 Å². The zero-order valence-corrected chi connectivity index (χ0v) is 11.1. The summed E-state index contributed by atoms with van der Waals surface area (Å²) in [5, 5.41) is 11.3. The Morgan fingerprint density at radius 3 is 2.94 bits per heavy atom. The second-order valence-corrected chi connectivity index (χ2v) is 5.60. The number of aliphatic hydroxyl groups excluding tert-OH is 1. The molecule has 1 aliphatic rings. The highest BCUT2D eigenvalue weighted by molar-refractivity contribution is 7.17. The lowest BCUT2D eigenvalue weighted by atomic mass is 10.2. The third-order valence-electron chi connectivity index (χ3n) is 3.60. The number of aromatic nitrogens is 2. The van der Waals surface area contributed by atoms with Crippen LogP contribution in [0.1, 0.15) is 25.7 Å². The molecule has 0 aliphatic heterocycles. The zero-order valence-electron chi connectivity index (χ0n) is 10.2. The van der Waals surface area contributed by atoms with Crippen molar-refractivity contribution < 1.29 is 5.11 Å². The second-order valence-electron chi connectivity index (χ2n) is 4.69. The van der Waals surface area contributed by atoms with Gasteiger partial charge >= 0.3 is 0 Å². The molecule has 0 aromatic carbocycles. The Balaban J connectivity index is 2.00. The van der Waals surface area contributed by atoms with Crippen molar-refractivity contribution in [3.63, 3.8) is 0 Å². The first-order chi connectivity index (χ1) is 8.90. The molecule has 3 rings (SSSR count). The summed E-state index contributed by atoms with van der Waals surface area (Å²) in [5.41, 5.74) is 1.01. The Morgan fingerprint density at radius 2 is 2.17 bits per heavy atom. The first-order valence-electron chi connectivity index (χ1n) is 6.46. The van der Waals surface area contributed by atoms with Crippen molar-refractivity contribution in [1.29, 1.82) is 0 Å². The highest BCUT2D eigenvalue weighted by Gasteiger charge is 2.25. The first-order valence-corrected chi connectivity index (χ1v) is 7.34. The van der Waals surface area contributed by atoms with E-state index < -0.39 is 0 Å². The Hall–Kier alpha value is -1.20. The average molecular weight is 263 g/mol. The van der Waals surface area contributed by atoms with Crippen LogP contribution in [0.3, 0.4) is 0 Å². The molecule has 0 unspecified atom stereocenters. The summed E-state index contributed by atoms with van der Waals surface area (Å²) in [6.45, 7) is 0.835. The third-order valence-corrected chi connectivity index (χ3v) is 4.50. The van der Waals surface area contributed by atoms with Crippen LogP contribution in [-0.4, -0.2) is 34.3 Å². The van der Waals surface area contributed by atoms with Gasteiger partial charge in [0, 0.05) is 12.6 Å². The smallest absolute Gasteiger partial charge is 0.150 e. The van der Waals surface area contributed by atoms with Crippen molar-refractivity contribution in [2.75, 3.05) is 18.1 Å². The van der Waals surface area contributed by atoms with Gasteiger partial charge in [-0.05, 0) is 24.3 Å². The molecule has 0 radical (unpaired) electrons.